The highest BCUT2D eigenvalue weighted by molar-refractivity contribution is 7.18. The van der Waals surface area contributed by atoms with Crippen molar-refractivity contribution in [2.75, 3.05) is 52.3 Å². The molecule has 1 aromatic heterocycles. The Balaban J connectivity index is 2.09. The van der Waals surface area contributed by atoms with Crippen molar-refractivity contribution in [2.45, 2.75) is 13.8 Å². The zero-order valence-electron chi connectivity index (χ0n) is 15.8. The number of quaternary nitrogens is 1. The number of amides is 2. The quantitative estimate of drug-likeness (QED) is 0.637. The second-order valence-corrected chi connectivity index (χ2v) is 7.25. The molecule has 2 amide bonds. The molecule has 1 aliphatic rings. The van der Waals surface area contributed by atoms with Gasteiger partial charge in [0, 0.05) is 6.92 Å². The molecular weight excluding hydrogens is 374 g/mol. The fourth-order valence-electron chi connectivity index (χ4n) is 2.95. The molecule has 0 aromatic carbocycles. The lowest BCUT2D eigenvalue weighted by Gasteiger charge is -2.31. The number of anilines is 1. The van der Waals surface area contributed by atoms with E-state index in [2.05, 4.69) is 5.32 Å². The average Bonchev–Trinajstić information content (AvgIpc) is 2.96. The molecule has 2 N–H and O–H groups in total. The number of carbonyl (C=O) groups excluding carboxylic acids is 4. The lowest BCUT2D eigenvalue weighted by molar-refractivity contribution is -0.895. The van der Waals surface area contributed by atoms with Crippen LogP contribution < -0.4 is 10.2 Å². The third kappa shape index (κ3) is 4.83. The molecule has 0 spiro atoms. The SMILES string of the molecule is COC(=O)c1sc(NC(=O)C[NH+]2CCN(C(C)=O)CC2)c(C(=O)OC)c1C. The minimum atomic E-state index is -0.628. The van der Waals surface area contributed by atoms with Crippen LogP contribution in [0.4, 0.5) is 5.00 Å². The lowest BCUT2D eigenvalue weighted by atomic mass is 10.1. The second-order valence-electron chi connectivity index (χ2n) is 6.22. The molecule has 2 rings (SSSR count). The Kier molecular flexibility index (Phi) is 6.92. The summed E-state index contributed by atoms with van der Waals surface area (Å²) in [7, 11) is 2.49. The maximum atomic E-state index is 12.4. The number of nitrogens with one attached hydrogen (secondary N) is 2. The molecule has 0 aliphatic carbocycles. The van der Waals surface area contributed by atoms with Crippen molar-refractivity contribution in [1.29, 1.82) is 0 Å². The first-order valence-electron chi connectivity index (χ1n) is 8.47. The molecule has 9 nitrogen and oxygen atoms in total. The molecule has 1 aliphatic heterocycles. The number of carbonyl (C=O) groups is 4. The molecule has 148 valence electrons. The van der Waals surface area contributed by atoms with Gasteiger partial charge in [-0.25, -0.2) is 9.59 Å². The predicted molar refractivity (Wildman–Crippen MR) is 98.2 cm³/mol. The van der Waals surface area contributed by atoms with Gasteiger partial charge < -0.3 is 24.6 Å². The maximum Gasteiger partial charge on any atom is 0.348 e. The summed E-state index contributed by atoms with van der Waals surface area (Å²) < 4.78 is 9.50. The summed E-state index contributed by atoms with van der Waals surface area (Å²) in [5.74, 6) is -1.44. The second kappa shape index (κ2) is 8.96. The van der Waals surface area contributed by atoms with Crippen molar-refractivity contribution in [2.24, 2.45) is 0 Å². The molecule has 2 heterocycles. The van der Waals surface area contributed by atoms with Crippen LogP contribution >= 0.6 is 11.3 Å². The van der Waals surface area contributed by atoms with Gasteiger partial charge in [-0.05, 0) is 12.5 Å². The van der Waals surface area contributed by atoms with Gasteiger partial charge >= 0.3 is 11.9 Å². The van der Waals surface area contributed by atoms with Crippen LogP contribution in [0.2, 0.25) is 0 Å². The Labute approximate surface area is 161 Å². The van der Waals surface area contributed by atoms with E-state index in [0.29, 0.717) is 31.7 Å². The van der Waals surface area contributed by atoms with E-state index in [-0.39, 0.29) is 33.8 Å². The van der Waals surface area contributed by atoms with Crippen LogP contribution in [0, 0.1) is 6.92 Å². The van der Waals surface area contributed by atoms with Crippen molar-refractivity contribution in [3.63, 3.8) is 0 Å². The summed E-state index contributed by atoms with van der Waals surface area (Å²) in [4.78, 5) is 50.8. The third-order valence-electron chi connectivity index (χ3n) is 4.49. The first-order valence-corrected chi connectivity index (χ1v) is 9.29. The van der Waals surface area contributed by atoms with Gasteiger partial charge in [0.2, 0.25) is 5.91 Å². The molecule has 1 fully saturated rings. The largest absolute Gasteiger partial charge is 0.465 e. The number of thiophene rings is 1. The minimum Gasteiger partial charge on any atom is -0.465 e. The maximum absolute atomic E-state index is 12.4. The zero-order chi connectivity index (χ0) is 20.1. The van der Waals surface area contributed by atoms with Gasteiger partial charge in [0.1, 0.15) is 9.88 Å². The van der Waals surface area contributed by atoms with E-state index < -0.39 is 11.9 Å². The smallest absolute Gasteiger partial charge is 0.348 e. The number of piperazine rings is 1. The van der Waals surface area contributed by atoms with Crippen LogP contribution in [0.25, 0.3) is 0 Å². The van der Waals surface area contributed by atoms with E-state index in [9.17, 15) is 19.2 Å². The summed E-state index contributed by atoms with van der Waals surface area (Å²) in [5.41, 5.74) is 0.573. The first kappa shape index (κ1) is 20.8. The third-order valence-corrected chi connectivity index (χ3v) is 5.67. The Morgan fingerprint density at radius 2 is 1.70 bits per heavy atom. The number of methoxy groups -OCH3 is 2. The molecule has 27 heavy (non-hydrogen) atoms. The van der Waals surface area contributed by atoms with Gasteiger partial charge in [-0.3, -0.25) is 9.59 Å². The minimum absolute atomic E-state index is 0.0330. The Hall–Kier alpha value is -2.46. The van der Waals surface area contributed by atoms with Crippen LogP contribution in [0.3, 0.4) is 0 Å². The van der Waals surface area contributed by atoms with E-state index >= 15 is 0 Å². The molecule has 1 saturated heterocycles. The average molecular weight is 398 g/mol. The summed E-state index contributed by atoms with van der Waals surface area (Å²) in [6, 6.07) is 0. The molecule has 0 saturated carbocycles. The number of nitrogens with zero attached hydrogens (tertiary/aromatic N) is 1. The summed E-state index contributed by atoms with van der Waals surface area (Å²) in [5, 5.41) is 2.99. The highest BCUT2D eigenvalue weighted by Crippen LogP contribution is 2.34. The monoisotopic (exact) mass is 398 g/mol. The highest BCUT2D eigenvalue weighted by Gasteiger charge is 2.28. The van der Waals surface area contributed by atoms with Gasteiger partial charge in [0.05, 0.1) is 46.0 Å². The van der Waals surface area contributed by atoms with Crippen molar-refractivity contribution < 1.29 is 33.6 Å². The topological polar surface area (TPSA) is 106 Å². The van der Waals surface area contributed by atoms with E-state index in [4.69, 9.17) is 9.47 Å². The van der Waals surface area contributed by atoms with Crippen LogP contribution in [0.1, 0.15) is 32.5 Å². The van der Waals surface area contributed by atoms with Gasteiger partial charge in [-0.15, -0.1) is 11.3 Å². The normalized spacial score (nSPS) is 14.6. The van der Waals surface area contributed by atoms with Gasteiger partial charge in [0.25, 0.3) is 5.91 Å². The predicted octanol–water partition coefficient (Wildman–Crippen LogP) is -0.685. The number of rotatable bonds is 5. The molecule has 0 bridgehead atoms. The molecule has 10 heteroatoms. The summed E-state index contributed by atoms with van der Waals surface area (Å²) >= 11 is 0.988. The van der Waals surface area contributed by atoms with Crippen molar-refractivity contribution in [1.82, 2.24) is 4.90 Å². The van der Waals surface area contributed by atoms with Crippen molar-refractivity contribution in [3.05, 3.63) is 16.0 Å². The van der Waals surface area contributed by atoms with E-state index in [1.807, 2.05) is 0 Å². The van der Waals surface area contributed by atoms with E-state index in [1.54, 1.807) is 11.8 Å². The van der Waals surface area contributed by atoms with E-state index in [1.165, 1.54) is 21.1 Å². The number of hydrogen-bond acceptors (Lipinski definition) is 7. The standard InChI is InChI=1S/C17H23N3O6S/c1-10-13(16(23)25-3)15(27-14(10)17(24)26-4)18-12(22)9-19-5-7-20(8-6-19)11(2)21/h5-9H2,1-4H3,(H,18,22)/p+1. The Morgan fingerprint density at radius 1 is 1.11 bits per heavy atom. The van der Waals surface area contributed by atoms with Crippen LogP contribution in [0.5, 0.6) is 0 Å². The lowest BCUT2D eigenvalue weighted by Crippen LogP contribution is -3.15. The van der Waals surface area contributed by atoms with Gasteiger partial charge in [-0.2, -0.15) is 0 Å². The van der Waals surface area contributed by atoms with Crippen molar-refractivity contribution >= 4 is 40.1 Å². The van der Waals surface area contributed by atoms with Crippen LogP contribution in [-0.2, 0) is 19.1 Å². The summed E-state index contributed by atoms with van der Waals surface area (Å²) in [6.07, 6.45) is 0. The zero-order valence-corrected chi connectivity index (χ0v) is 16.7. The van der Waals surface area contributed by atoms with E-state index in [0.717, 1.165) is 16.2 Å². The summed E-state index contributed by atoms with van der Waals surface area (Å²) in [6.45, 7) is 5.91. The van der Waals surface area contributed by atoms with Crippen molar-refractivity contribution in [3.8, 4) is 0 Å². The Bertz CT molecular complexity index is 752. The Morgan fingerprint density at radius 3 is 2.22 bits per heavy atom. The molecule has 1 aromatic rings. The number of hydrogen-bond donors (Lipinski definition) is 2. The molecule has 0 atom stereocenters. The number of ether oxygens (including phenoxy) is 2. The fourth-order valence-corrected chi connectivity index (χ4v) is 4.08. The number of esters is 2. The van der Waals surface area contributed by atoms with Gasteiger partial charge in [0.15, 0.2) is 6.54 Å². The molecule has 0 radical (unpaired) electrons. The van der Waals surface area contributed by atoms with Crippen LogP contribution in [0.15, 0.2) is 0 Å². The van der Waals surface area contributed by atoms with Gasteiger partial charge in [-0.1, -0.05) is 0 Å². The fraction of sp³-hybridized carbons (Fsp3) is 0.529. The van der Waals surface area contributed by atoms with Crippen LogP contribution in [-0.4, -0.2) is 75.6 Å². The first-order chi connectivity index (χ1) is 12.8. The molecule has 0 unspecified atom stereocenters. The molecular formula is C17H24N3O6S+. The highest BCUT2D eigenvalue weighted by atomic mass is 32.1.